The molecule has 1 aromatic carbocycles. The van der Waals surface area contributed by atoms with E-state index in [0.29, 0.717) is 35.7 Å². The molecule has 7 aliphatic carbocycles. The summed E-state index contributed by atoms with van der Waals surface area (Å²) >= 11 is 0. The zero-order valence-electron chi connectivity index (χ0n) is 26.6. The number of benzene rings is 1. The second kappa shape index (κ2) is 9.50. The minimum atomic E-state index is -0.386. The Morgan fingerprint density at radius 2 is 1.73 bits per heavy atom. The summed E-state index contributed by atoms with van der Waals surface area (Å²) < 4.78 is 11.8. The molecule has 44 heavy (non-hydrogen) atoms. The quantitative estimate of drug-likeness (QED) is 0.256. The van der Waals surface area contributed by atoms with E-state index in [-0.39, 0.29) is 58.8 Å². The molecule has 0 radical (unpaired) electrons. The first-order valence-electron chi connectivity index (χ1n) is 17.0. The van der Waals surface area contributed by atoms with Crippen molar-refractivity contribution in [1.82, 2.24) is 0 Å². The van der Waals surface area contributed by atoms with Crippen molar-refractivity contribution in [3.05, 3.63) is 51.6 Å². The first kappa shape index (κ1) is 28.5. The Kier molecular flexibility index (Phi) is 6.14. The van der Waals surface area contributed by atoms with Crippen molar-refractivity contribution in [3.8, 4) is 5.75 Å². The Labute approximate surface area is 260 Å². The third-order valence-corrected chi connectivity index (χ3v) is 13.6. The van der Waals surface area contributed by atoms with E-state index in [2.05, 4.69) is 33.8 Å². The average Bonchev–Trinajstić information content (AvgIpc) is 3.89. The Hall–Kier alpha value is -3.02. The highest BCUT2D eigenvalue weighted by atomic mass is 16.5. The molecule has 0 aliphatic heterocycles. The minimum absolute atomic E-state index is 0.00794. The highest BCUT2D eigenvalue weighted by Crippen LogP contribution is 2.71. The number of aryl methyl sites for hydroxylation is 1. The van der Waals surface area contributed by atoms with Crippen LogP contribution in [-0.4, -0.2) is 29.6 Å². The molecule has 7 atom stereocenters. The van der Waals surface area contributed by atoms with Crippen LogP contribution >= 0.6 is 0 Å². The maximum absolute atomic E-state index is 13.3. The van der Waals surface area contributed by atoms with Crippen molar-refractivity contribution in [1.29, 1.82) is 0 Å². The fraction of sp³-hybridized carbons (Fsp3) is 0.632. The highest BCUT2D eigenvalue weighted by molar-refractivity contribution is 6.07. The zero-order chi connectivity index (χ0) is 30.8. The highest BCUT2D eigenvalue weighted by Gasteiger charge is 2.67. The third kappa shape index (κ3) is 3.91. The van der Waals surface area contributed by atoms with Crippen LogP contribution in [0.3, 0.4) is 0 Å². The van der Waals surface area contributed by atoms with Gasteiger partial charge in [-0.1, -0.05) is 32.4 Å². The minimum Gasteiger partial charge on any atom is -0.457 e. The van der Waals surface area contributed by atoms with Gasteiger partial charge in [-0.25, -0.2) is 0 Å². The number of Topliss-reactive ketones (excluding diaryl/α,β-unsaturated/α-hetero) is 2. The van der Waals surface area contributed by atoms with Crippen LogP contribution in [0.2, 0.25) is 0 Å². The van der Waals surface area contributed by atoms with Crippen molar-refractivity contribution in [2.45, 2.75) is 117 Å². The lowest BCUT2D eigenvalue weighted by Gasteiger charge is -2.48. The number of hydrogen-bond donors (Lipinski definition) is 0. The van der Waals surface area contributed by atoms with E-state index >= 15 is 0 Å². The van der Waals surface area contributed by atoms with Crippen molar-refractivity contribution >= 4 is 23.5 Å². The fourth-order valence-corrected chi connectivity index (χ4v) is 10.6. The van der Waals surface area contributed by atoms with Gasteiger partial charge in [0.05, 0.1) is 0 Å². The van der Waals surface area contributed by atoms with Gasteiger partial charge in [0.2, 0.25) is 0 Å². The van der Waals surface area contributed by atoms with Gasteiger partial charge < -0.3 is 9.47 Å². The molecule has 4 fully saturated rings. The molecular weight excluding hydrogens is 552 g/mol. The molecule has 0 bridgehead atoms. The lowest BCUT2D eigenvalue weighted by atomic mass is 9.55. The first-order chi connectivity index (χ1) is 21.0. The summed E-state index contributed by atoms with van der Waals surface area (Å²) in [6.07, 6.45) is 8.98. The number of esters is 2. The topological polar surface area (TPSA) is 86.7 Å². The predicted octanol–water partition coefficient (Wildman–Crippen LogP) is 7.14. The van der Waals surface area contributed by atoms with E-state index in [1.54, 1.807) is 0 Å². The largest absolute Gasteiger partial charge is 0.457 e. The monoisotopic (exact) mass is 596 g/mol. The Morgan fingerprint density at radius 1 is 0.955 bits per heavy atom. The first-order valence-corrected chi connectivity index (χ1v) is 17.0. The van der Waals surface area contributed by atoms with Gasteiger partial charge >= 0.3 is 11.9 Å². The number of rotatable bonds is 6. The van der Waals surface area contributed by atoms with Crippen LogP contribution in [0.1, 0.15) is 115 Å². The molecular formula is C38H44O6. The molecule has 1 aromatic rings. The molecule has 232 valence electrons. The van der Waals surface area contributed by atoms with Crippen molar-refractivity contribution in [3.63, 3.8) is 0 Å². The molecule has 3 unspecified atom stereocenters. The maximum atomic E-state index is 13.3. The Balaban J connectivity index is 0.867. The molecule has 0 aromatic heterocycles. The molecule has 7 aliphatic rings. The van der Waals surface area contributed by atoms with E-state index in [0.717, 1.165) is 74.5 Å². The Morgan fingerprint density at radius 3 is 2.50 bits per heavy atom. The molecule has 8 rings (SSSR count). The zero-order valence-corrected chi connectivity index (χ0v) is 26.6. The summed E-state index contributed by atoms with van der Waals surface area (Å²) in [6.45, 7) is 8.51. The summed E-state index contributed by atoms with van der Waals surface area (Å²) in [7, 11) is 0. The van der Waals surface area contributed by atoms with E-state index in [1.165, 1.54) is 16.7 Å². The number of allylic oxidation sites excluding steroid dienone is 1. The smallest absolute Gasteiger partial charge is 0.311 e. The van der Waals surface area contributed by atoms with E-state index in [4.69, 9.17) is 9.47 Å². The molecule has 6 nitrogen and oxygen atoms in total. The number of fused-ring (bicyclic) bond motifs is 7. The van der Waals surface area contributed by atoms with Crippen molar-refractivity contribution < 1.29 is 28.7 Å². The van der Waals surface area contributed by atoms with Gasteiger partial charge in [-0.05, 0) is 111 Å². The van der Waals surface area contributed by atoms with Crippen molar-refractivity contribution in [2.24, 2.45) is 34.0 Å². The summed E-state index contributed by atoms with van der Waals surface area (Å²) in [5.74, 6) is 2.17. The van der Waals surface area contributed by atoms with Crippen LogP contribution in [0, 0.1) is 34.0 Å². The standard InChI is InChI=1S/C38H44O6/c1-20-32-33(34(42)21(2)38(20)16-17-38)28-19-37(28,4)35(32)44-31(41)7-5-6-30(40)43-23-9-11-24-22(18-23)8-10-26-25(24)14-15-36(3)27(26)12-13-29(36)39/h9,11,18,21,25-27,35H,5-8,10,12-17,19H2,1-4H3/t21-,25?,26?,27?,35-,36+,37+/m1/s1. The van der Waals surface area contributed by atoms with Crippen LogP contribution in [0.25, 0.3) is 0 Å². The number of ketones is 2. The van der Waals surface area contributed by atoms with Gasteiger partial charge in [0.15, 0.2) is 5.78 Å². The predicted molar refractivity (Wildman–Crippen MR) is 164 cm³/mol. The average molecular weight is 597 g/mol. The number of ether oxygens (including phenoxy) is 2. The maximum Gasteiger partial charge on any atom is 0.311 e. The molecule has 0 heterocycles. The van der Waals surface area contributed by atoms with Gasteiger partial charge in [0.25, 0.3) is 0 Å². The second-order valence-electron chi connectivity index (χ2n) is 15.6. The van der Waals surface area contributed by atoms with Gasteiger partial charge in [0, 0.05) is 52.6 Å². The van der Waals surface area contributed by atoms with Gasteiger partial charge in [0.1, 0.15) is 17.6 Å². The van der Waals surface area contributed by atoms with Crippen LogP contribution in [0.4, 0.5) is 0 Å². The van der Waals surface area contributed by atoms with Crippen molar-refractivity contribution in [2.75, 3.05) is 0 Å². The molecule has 6 heteroatoms. The second-order valence-corrected chi connectivity index (χ2v) is 15.6. The lowest BCUT2D eigenvalue weighted by molar-refractivity contribution is -0.150. The van der Waals surface area contributed by atoms with Crippen LogP contribution in [-0.2, 0) is 30.3 Å². The molecule has 0 saturated heterocycles. The Bertz CT molecular complexity index is 1590. The molecule has 0 amide bonds. The van der Waals surface area contributed by atoms with Gasteiger partial charge in [-0.2, -0.15) is 0 Å². The number of carbonyl (C=O) groups excluding carboxylic acids is 4. The van der Waals surface area contributed by atoms with E-state index < -0.39 is 0 Å². The van der Waals surface area contributed by atoms with Crippen LogP contribution < -0.4 is 4.74 Å². The molecule has 4 saturated carbocycles. The SMILES string of the molecule is CC1=C2C(=C3C[C@]3(C)[C@@H]2OC(=O)CCCC(=O)Oc2ccc3c(c2)CCC2C3CC[C@]3(C)C(=O)CCC23)C(=O)[C@@H](C)C12CC2. The fourth-order valence-electron chi connectivity index (χ4n) is 10.6. The van der Waals surface area contributed by atoms with E-state index in [9.17, 15) is 19.2 Å². The van der Waals surface area contributed by atoms with Gasteiger partial charge in [-0.15, -0.1) is 0 Å². The lowest BCUT2D eigenvalue weighted by Crippen LogP contribution is -2.42. The summed E-state index contributed by atoms with van der Waals surface area (Å²) in [4.78, 5) is 51.7. The van der Waals surface area contributed by atoms with E-state index in [1.807, 2.05) is 12.1 Å². The third-order valence-electron chi connectivity index (χ3n) is 13.6. The summed E-state index contributed by atoms with van der Waals surface area (Å²) in [6, 6.07) is 6.08. The molecule has 1 spiro atoms. The van der Waals surface area contributed by atoms with Gasteiger partial charge in [-0.3, -0.25) is 19.2 Å². The summed E-state index contributed by atoms with van der Waals surface area (Å²) in [5.41, 5.74) is 6.47. The van der Waals surface area contributed by atoms with Crippen LogP contribution in [0.15, 0.2) is 40.5 Å². The number of carbonyl (C=O) groups is 4. The molecule has 0 N–H and O–H groups in total. The van der Waals surface area contributed by atoms with Crippen LogP contribution in [0.5, 0.6) is 5.75 Å². The summed E-state index contributed by atoms with van der Waals surface area (Å²) in [5, 5.41) is 0. The normalized spacial score (nSPS) is 37.2. The number of hydrogen-bond acceptors (Lipinski definition) is 6.